The van der Waals surface area contributed by atoms with Gasteiger partial charge < -0.3 is 9.84 Å². The van der Waals surface area contributed by atoms with Gasteiger partial charge in [0.15, 0.2) is 0 Å². The van der Waals surface area contributed by atoms with E-state index in [-0.39, 0.29) is 6.42 Å². The molecule has 1 atom stereocenters. The molecule has 2 nitrogen and oxygen atoms in total. The van der Waals surface area contributed by atoms with Crippen LogP contribution < -0.4 is 0 Å². The van der Waals surface area contributed by atoms with Crippen LogP contribution in [0.1, 0.15) is 51.9 Å². The van der Waals surface area contributed by atoms with E-state index in [0.717, 1.165) is 19.3 Å². The maximum atomic E-state index is 12.1. The van der Waals surface area contributed by atoms with Gasteiger partial charge in [0.1, 0.15) is 0 Å². The van der Waals surface area contributed by atoms with Gasteiger partial charge in [-0.25, -0.2) is 0 Å². The molecule has 1 fully saturated rings. The molecule has 0 aromatic heterocycles. The summed E-state index contributed by atoms with van der Waals surface area (Å²) < 4.78 is 42.0. The molecule has 1 N–H and O–H groups in total. The summed E-state index contributed by atoms with van der Waals surface area (Å²) in [6.07, 6.45) is -2.17. The average Bonchev–Trinajstić information content (AvgIpc) is 2.26. The molecule has 0 amide bonds. The van der Waals surface area contributed by atoms with Gasteiger partial charge in [-0.1, -0.05) is 19.3 Å². The molecule has 1 aliphatic rings. The average molecular weight is 254 g/mol. The Morgan fingerprint density at radius 3 is 2.29 bits per heavy atom. The number of aliphatic hydroxyl groups excluding tert-OH is 1. The van der Waals surface area contributed by atoms with Crippen LogP contribution in [0.3, 0.4) is 0 Å². The molecule has 0 aromatic carbocycles. The van der Waals surface area contributed by atoms with Crippen LogP contribution in [0.15, 0.2) is 0 Å². The highest BCUT2D eigenvalue weighted by Crippen LogP contribution is 2.37. The lowest BCUT2D eigenvalue weighted by Gasteiger charge is -2.41. The zero-order valence-corrected chi connectivity index (χ0v) is 10.2. The summed E-state index contributed by atoms with van der Waals surface area (Å²) in [4.78, 5) is 0. The molecule has 1 aliphatic carbocycles. The van der Waals surface area contributed by atoms with Crippen LogP contribution in [0.25, 0.3) is 0 Å². The Labute approximate surface area is 100 Å². The van der Waals surface area contributed by atoms with Crippen LogP contribution in [0.2, 0.25) is 0 Å². The summed E-state index contributed by atoms with van der Waals surface area (Å²) in [7, 11) is 0. The topological polar surface area (TPSA) is 29.5 Å². The Bertz CT molecular complexity index is 217. The number of hydrogen-bond donors (Lipinski definition) is 1. The largest absolute Gasteiger partial charge is 0.390 e. The zero-order valence-electron chi connectivity index (χ0n) is 10.2. The number of alkyl halides is 3. The fourth-order valence-corrected chi connectivity index (χ4v) is 2.57. The molecule has 1 rings (SSSR count). The van der Waals surface area contributed by atoms with Crippen molar-refractivity contribution in [3.63, 3.8) is 0 Å². The van der Waals surface area contributed by atoms with E-state index >= 15 is 0 Å². The van der Waals surface area contributed by atoms with Gasteiger partial charge in [-0.3, -0.25) is 0 Å². The molecule has 17 heavy (non-hydrogen) atoms. The van der Waals surface area contributed by atoms with Crippen molar-refractivity contribution >= 4 is 0 Å². The molecule has 0 radical (unpaired) electrons. The summed E-state index contributed by atoms with van der Waals surface area (Å²) >= 11 is 0. The first-order valence-electron chi connectivity index (χ1n) is 6.28. The minimum atomic E-state index is -4.21. The van der Waals surface area contributed by atoms with E-state index in [4.69, 9.17) is 4.74 Å². The van der Waals surface area contributed by atoms with Gasteiger partial charge in [-0.05, 0) is 26.2 Å². The predicted octanol–water partition coefficient (Wildman–Crippen LogP) is 3.43. The van der Waals surface area contributed by atoms with E-state index in [1.165, 1.54) is 0 Å². The van der Waals surface area contributed by atoms with Gasteiger partial charge in [0, 0.05) is 13.0 Å². The van der Waals surface area contributed by atoms with Crippen molar-refractivity contribution in [1.82, 2.24) is 0 Å². The molecule has 0 spiro atoms. The normalized spacial score (nSPS) is 22.4. The quantitative estimate of drug-likeness (QED) is 0.814. The summed E-state index contributed by atoms with van der Waals surface area (Å²) in [6.45, 7) is 2.25. The third-order valence-electron chi connectivity index (χ3n) is 3.44. The van der Waals surface area contributed by atoms with Crippen LogP contribution >= 0.6 is 0 Å². The first-order chi connectivity index (χ1) is 7.90. The van der Waals surface area contributed by atoms with Crippen LogP contribution in [0, 0.1) is 0 Å². The standard InChI is InChI=1S/C12H21F3O2/c1-2-17-11(7-4-3-5-8-11)10(16)6-9-12(13,14)15/h10,16H,2-9H2,1H3. The molecule has 0 bridgehead atoms. The summed E-state index contributed by atoms with van der Waals surface area (Å²) in [5, 5.41) is 9.99. The predicted molar refractivity (Wildman–Crippen MR) is 58.7 cm³/mol. The monoisotopic (exact) mass is 254 g/mol. The second-order valence-corrected chi connectivity index (χ2v) is 4.73. The first-order valence-corrected chi connectivity index (χ1v) is 6.28. The Morgan fingerprint density at radius 2 is 1.82 bits per heavy atom. The minimum Gasteiger partial charge on any atom is -0.390 e. The molecule has 0 aliphatic heterocycles. The summed E-state index contributed by atoms with van der Waals surface area (Å²) in [5.41, 5.74) is -0.738. The van der Waals surface area contributed by atoms with Crippen molar-refractivity contribution in [2.75, 3.05) is 6.61 Å². The molecule has 5 heteroatoms. The lowest BCUT2D eigenvalue weighted by Crippen LogP contribution is -2.47. The van der Waals surface area contributed by atoms with E-state index in [1.54, 1.807) is 0 Å². The molecule has 0 heterocycles. The highest BCUT2D eigenvalue weighted by atomic mass is 19.4. The van der Waals surface area contributed by atoms with Crippen LogP contribution in [-0.2, 0) is 4.74 Å². The number of halogens is 3. The van der Waals surface area contributed by atoms with Crippen LogP contribution in [-0.4, -0.2) is 29.6 Å². The van der Waals surface area contributed by atoms with Gasteiger partial charge in [0.05, 0.1) is 11.7 Å². The van der Waals surface area contributed by atoms with E-state index in [9.17, 15) is 18.3 Å². The van der Waals surface area contributed by atoms with Gasteiger partial charge in [-0.2, -0.15) is 13.2 Å². The third kappa shape index (κ3) is 4.47. The highest BCUT2D eigenvalue weighted by molar-refractivity contribution is 4.91. The molecule has 102 valence electrons. The molecular weight excluding hydrogens is 233 g/mol. The van der Waals surface area contributed by atoms with Gasteiger partial charge >= 0.3 is 6.18 Å². The Kier molecular flexibility index (Phi) is 5.25. The number of ether oxygens (including phenoxy) is 1. The second kappa shape index (κ2) is 6.05. The van der Waals surface area contributed by atoms with Crippen molar-refractivity contribution in [2.45, 2.75) is 69.8 Å². The first kappa shape index (κ1) is 14.8. The maximum Gasteiger partial charge on any atom is 0.389 e. The lowest BCUT2D eigenvalue weighted by molar-refractivity contribution is -0.168. The van der Waals surface area contributed by atoms with E-state index < -0.39 is 24.3 Å². The van der Waals surface area contributed by atoms with E-state index in [2.05, 4.69) is 0 Å². The molecule has 1 saturated carbocycles. The van der Waals surface area contributed by atoms with Gasteiger partial charge in [0.25, 0.3) is 0 Å². The molecule has 0 saturated heterocycles. The Hall–Kier alpha value is -0.290. The van der Waals surface area contributed by atoms with Crippen molar-refractivity contribution in [2.24, 2.45) is 0 Å². The molecule has 1 unspecified atom stereocenters. The number of hydrogen-bond acceptors (Lipinski definition) is 2. The van der Waals surface area contributed by atoms with Crippen molar-refractivity contribution in [3.8, 4) is 0 Å². The third-order valence-corrected chi connectivity index (χ3v) is 3.44. The van der Waals surface area contributed by atoms with Crippen LogP contribution in [0.5, 0.6) is 0 Å². The maximum absolute atomic E-state index is 12.1. The second-order valence-electron chi connectivity index (χ2n) is 4.73. The van der Waals surface area contributed by atoms with Crippen LogP contribution in [0.4, 0.5) is 13.2 Å². The van der Waals surface area contributed by atoms with E-state index in [1.807, 2.05) is 6.92 Å². The van der Waals surface area contributed by atoms with Crippen molar-refractivity contribution in [1.29, 1.82) is 0 Å². The zero-order chi connectivity index (χ0) is 12.9. The van der Waals surface area contributed by atoms with E-state index in [0.29, 0.717) is 19.4 Å². The SMILES string of the molecule is CCOC1(C(O)CCC(F)(F)F)CCCCC1. The molecule has 0 aromatic rings. The summed E-state index contributed by atoms with van der Waals surface area (Å²) in [5.74, 6) is 0. The highest BCUT2D eigenvalue weighted by Gasteiger charge is 2.41. The summed E-state index contributed by atoms with van der Waals surface area (Å²) in [6, 6.07) is 0. The molecular formula is C12H21F3O2. The smallest absolute Gasteiger partial charge is 0.389 e. The van der Waals surface area contributed by atoms with Crippen molar-refractivity contribution in [3.05, 3.63) is 0 Å². The minimum absolute atomic E-state index is 0.260. The Balaban J connectivity index is 2.56. The van der Waals surface area contributed by atoms with Gasteiger partial charge in [-0.15, -0.1) is 0 Å². The number of rotatable bonds is 5. The van der Waals surface area contributed by atoms with Gasteiger partial charge in [0.2, 0.25) is 0 Å². The van der Waals surface area contributed by atoms with Crippen molar-refractivity contribution < 1.29 is 23.0 Å². The fraction of sp³-hybridized carbons (Fsp3) is 1.00. The fourth-order valence-electron chi connectivity index (χ4n) is 2.57. The number of aliphatic hydroxyl groups is 1. The Morgan fingerprint density at radius 1 is 1.24 bits per heavy atom. The lowest BCUT2D eigenvalue weighted by atomic mass is 9.79.